The summed E-state index contributed by atoms with van der Waals surface area (Å²) >= 11 is 0. The molecule has 0 aromatic heterocycles. The summed E-state index contributed by atoms with van der Waals surface area (Å²) < 4.78 is 19.1. The topological polar surface area (TPSA) is 113 Å². The molecular weight excluding hydrogens is 490 g/mol. The second-order valence-electron chi connectivity index (χ2n) is 12.9. The normalized spacial score (nSPS) is 39.1. The van der Waals surface area contributed by atoms with Crippen LogP contribution in [0.3, 0.4) is 0 Å². The summed E-state index contributed by atoms with van der Waals surface area (Å²) in [6.45, 7) is 12.0. The SMILES string of the molecule is C[C@H]1[C@@H](OCc2ccc(C(=O)N[C@H](C(=O)O)C(C)(C)C)cc2)O[C@@H]2O[C@@]3(C)CC[C@H]4[C@H](C)CC[C@@H]1[C@@]24OO3. The van der Waals surface area contributed by atoms with E-state index in [1.54, 1.807) is 32.9 Å². The number of rotatable bonds is 6. The first-order valence-corrected chi connectivity index (χ1v) is 13.8. The number of fused-ring (bicyclic) bond motifs is 2. The Bertz CT molecular complexity index is 1050. The third kappa shape index (κ3) is 4.77. The molecule has 4 saturated heterocycles. The van der Waals surface area contributed by atoms with Gasteiger partial charge in [0.15, 0.2) is 18.2 Å². The van der Waals surface area contributed by atoms with Crippen LogP contribution < -0.4 is 5.32 Å². The van der Waals surface area contributed by atoms with Crippen LogP contribution in [0.2, 0.25) is 0 Å². The van der Waals surface area contributed by atoms with Gasteiger partial charge in [0, 0.05) is 23.8 Å². The Hall–Kier alpha value is -2.04. The van der Waals surface area contributed by atoms with Gasteiger partial charge in [0.2, 0.25) is 5.79 Å². The minimum absolute atomic E-state index is 0.0753. The molecule has 38 heavy (non-hydrogen) atoms. The van der Waals surface area contributed by atoms with Crippen molar-refractivity contribution < 1.29 is 38.7 Å². The van der Waals surface area contributed by atoms with Gasteiger partial charge in [-0.3, -0.25) is 4.79 Å². The number of aliphatic carboxylic acids is 1. The number of carboxylic acid groups (broad SMARTS) is 1. The predicted octanol–water partition coefficient (Wildman–Crippen LogP) is 4.64. The first-order valence-electron chi connectivity index (χ1n) is 13.8. The van der Waals surface area contributed by atoms with Crippen LogP contribution in [0.15, 0.2) is 24.3 Å². The fraction of sp³-hybridized carbons (Fsp3) is 0.724. The first kappa shape index (κ1) is 27.5. The summed E-state index contributed by atoms with van der Waals surface area (Å²) in [6, 6.07) is 6.01. The Morgan fingerprint density at radius 3 is 2.47 bits per heavy atom. The molecule has 0 unspecified atom stereocenters. The van der Waals surface area contributed by atoms with E-state index in [1.165, 1.54) is 0 Å². The van der Waals surface area contributed by atoms with Gasteiger partial charge < -0.3 is 24.6 Å². The molecule has 9 heteroatoms. The molecular formula is C29H41NO8. The number of benzene rings is 1. The molecule has 9 nitrogen and oxygen atoms in total. The average molecular weight is 532 g/mol. The van der Waals surface area contributed by atoms with Gasteiger partial charge in [-0.25, -0.2) is 14.6 Å². The van der Waals surface area contributed by atoms with Crippen LogP contribution in [0.5, 0.6) is 0 Å². The molecule has 210 valence electrons. The second-order valence-corrected chi connectivity index (χ2v) is 12.9. The van der Waals surface area contributed by atoms with Crippen molar-refractivity contribution in [1.82, 2.24) is 5.32 Å². The fourth-order valence-electron chi connectivity index (χ4n) is 6.86. The van der Waals surface area contributed by atoms with Crippen molar-refractivity contribution in [3.63, 3.8) is 0 Å². The van der Waals surface area contributed by atoms with E-state index in [4.69, 9.17) is 24.0 Å². The van der Waals surface area contributed by atoms with Gasteiger partial charge in [-0.2, -0.15) is 0 Å². The van der Waals surface area contributed by atoms with E-state index >= 15 is 0 Å². The van der Waals surface area contributed by atoms with Crippen molar-refractivity contribution in [2.75, 3.05) is 0 Å². The van der Waals surface area contributed by atoms with Crippen LogP contribution in [0.25, 0.3) is 0 Å². The summed E-state index contributed by atoms with van der Waals surface area (Å²) in [4.78, 5) is 36.3. The zero-order valence-electron chi connectivity index (χ0n) is 23.2. The van der Waals surface area contributed by atoms with Gasteiger partial charge in [-0.05, 0) is 61.1 Å². The minimum Gasteiger partial charge on any atom is -0.480 e. The summed E-state index contributed by atoms with van der Waals surface area (Å²) in [5, 5.41) is 12.1. The molecule has 1 amide bonds. The van der Waals surface area contributed by atoms with Crippen molar-refractivity contribution in [3.8, 4) is 0 Å². The largest absolute Gasteiger partial charge is 0.480 e. The van der Waals surface area contributed by atoms with Gasteiger partial charge in [-0.15, -0.1) is 0 Å². The van der Waals surface area contributed by atoms with E-state index in [1.807, 2.05) is 19.1 Å². The lowest BCUT2D eigenvalue weighted by molar-refractivity contribution is -0.577. The number of nitrogens with one attached hydrogen (secondary N) is 1. The standard InChI is InChI=1S/C29H41NO8/c1-16-7-12-21-17(2)25(35-26-29(21)20(16)13-14-28(6,36-26)37-38-29)34-15-18-8-10-19(11-9-18)23(31)30-22(24(32)33)27(3,4)5/h8-11,16-17,20-22,25-26H,7,12-15H2,1-6H3,(H,30,31)(H,32,33)/t16-,17-,20+,21+,22-,25+,26-,28-,29-/m1/s1. The summed E-state index contributed by atoms with van der Waals surface area (Å²) in [7, 11) is 0. The molecule has 6 rings (SSSR count). The number of ether oxygens (including phenoxy) is 3. The Labute approximate surface area is 224 Å². The lowest BCUT2D eigenvalue weighted by atomic mass is 9.58. The quantitative estimate of drug-likeness (QED) is 0.511. The Balaban J connectivity index is 1.25. The molecule has 0 radical (unpaired) electrons. The van der Waals surface area contributed by atoms with Gasteiger partial charge >= 0.3 is 5.97 Å². The van der Waals surface area contributed by atoms with E-state index in [9.17, 15) is 14.7 Å². The van der Waals surface area contributed by atoms with Crippen LogP contribution in [-0.2, 0) is 35.4 Å². The molecule has 1 aromatic rings. The lowest BCUT2D eigenvalue weighted by Gasteiger charge is -2.60. The molecule has 1 spiro atoms. The number of hydrogen-bond acceptors (Lipinski definition) is 7. The highest BCUT2D eigenvalue weighted by Crippen LogP contribution is 2.60. The highest BCUT2D eigenvalue weighted by Gasteiger charge is 2.69. The van der Waals surface area contributed by atoms with Crippen LogP contribution in [-0.4, -0.2) is 47.0 Å². The minimum atomic E-state index is -1.06. The summed E-state index contributed by atoms with van der Waals surface area (Å²) in [5.41, 5.74) is 0.0381. The third-order valence-electron chi connectivity index (χ3n) is 9.12. The number of carbonyl (C=O) groups is 2. The van der Waals surface area contributed by atoms with Crippen LogP contribution in [0.1, 0.15) is 83.1 Å². The molecule has 5 fully saturated rings. The van der Waals surface area contributed by atoms with Gasteiger partial charge in [-0.1, -0.05) is 46.8 Å². The number of carboxylic acids is 1. The van der Waals surface area contributed by atoms with Crippen LogP contribution in [0.4, 0.5) is 0 Å². The molecule has 4 aliphatic heterocycles. The van der Waals surface area contributed by atoms with Gasteiger partial charge in [0.1, 0.15) is 6.04 Å². The molecule has 2 bridgehead atoms. The van der Waals surface area contributed by atoms with Crippen molar-refractivity contribution in [1.29, 1.82) is 0 Å². The van der Waals surface area contributed by atoms with E-state index in [-0.39, 0.29) is 11.8 Å². The van der Waals surface area contributed by atoms with Crippen LogP contribution >= 0.6 is 0 Å². The van der Waals surface area contributed by atoms with Gasteiger partial charge in [0.05, 0.1) is 6.61 Å². The maximum absolute atomic E-state index is 12.7. The molecule has 5 aliphatic rings. The third-order valence-corrected chi connectivity index (χ3v) is 9.12. The lowest BCUT2D eigenvalue weighted by Crippen LogP contribution is -2.70. The second kappa shape index (κ2) is 9.86. The molecule has 1 aromatic carbocycles. The van der Waals surface area contributed by atoms with E-state index in [0.29, 0.717) is 24.0 Å². The predicted molar refractivity (Wildman–Crippen MR) is 136 cm³/mol. The molecule has 4 heterocycles. The van der Waals surface area contributed by atoms with Crippen molar-refractivity contribution in [2.24, 2.45) is 29.1 Å². The summed E-state index contributed by atoms with van der Waals surface area (Å²) in [5.74, 6) is -1.25. The monoisotopic (exact) mass is 531 g/mol. The number of hydrogen-bond donors (Lipinski definition) is 2. The Morgan fingerprint density at radius 2 is 1.82 bits per heavy atom. The average Bonchev–Trinajstić information content (AvgIpc) is 3.09. The zero-order valence-corrected chi connectivity index (χ0v) is 23.2. The van der Waals surface area contributed by atoms with Crippen LogP contribution in [0, 0.1) is 29.1 Å². The van der Waals surface area contributed by atoms with E-state index in [0.717, 1.165) is 31.2 Å². The van der Waals surface area contributed by atoms with Crippen molar-refractivity contribution >= 4 is 11.9 Å². The van der Waals surface area contributed by atoms with Crippen molar-refractivity contribution in [2.45, 2.75) is 104 Å². The first-order chi connectivity index (χ1) is 17.8. The molecule has 9 atom stereocenters. The smallest absolute Gasteiger partial charge is 0.326 e. The number of amides is 1. The molecule has 2 N–H and O–H groups in total. The zero-order chi connectivity index (χ0) is 27.5. The fourth-order valence-corrected chi connectivity index (χ4v) is 6.86. The van der Waals surface area contributed by atoms with E-state index < -0.39 is 47.3 Å². The van der Waals surface area contributed by atoms with Gasteiger partial charge in [0.25, 0.3) is 5.91 Å². The molecule has 1 saturated carbocycles. The molecule has 1 aliphatic carbocycles. The highest BCUT2D eigenvalue weighted by atomic mass is 17.3. The highest BCUT2D eigenvalue weighted by molar-refractivity contribution is 5.96. The van der Waals surface area contributed by atoms with Crippen molar-refractivity contribution in [3.05, 3.63) is 35.4 Å². The van der Waals surface area contributed by atoms with E-state index in [2.05, 4.69) is 19.2 Å². The maximum Gasteiger partial charge on any atom is 0.326 e. The Kier molecular flexibility index (Phi) is 7.14. The Morgan fingerprint density at radius 1 is 1.11 bits per heavy atom. The summed E-state index contributed by atoms with van der Waals surface area (Å²) in [6.07, 6.45) is 2.84. The number of carbonyl (C=O) groups excluding carboxylic acids is 1. The maximum atomic E-state index is 12.7.